The number of pyridine rings is 1. The van der Waals surface area contributed by atoms with Gasteiger partial charge in [0.05, 0.1) is 11.7 Å². The zero-order valence-electron chi connectivity index (χ0n) is 15.5. The highest BCUT2D eigenvalue weighted by atomic mass is 35.5. The molecule has 3 heterocycles. The first-order valence-corrected chi connectivity index (χ1v) is 9.83. The van der Waals surface area contributed by atoms with Crippen LogP contribution in [0.5, 0.6) is 0 Å². The molecule has 0 saturated carbocycles. The lowest BCUT2D eigenvalue weighted by atomic mass is 9.90. The van der Waals surface area contributed by atoms with Crippen LogP contribution in [0.2, 0.25) is 5.02 Å². The van der Waals surface area contributed by atoms with Gasteiger partial charge in [-0.3, -0.25) is 9.88 Å². The predicted octanol–water partition coefficient (Wildman–Crippen LogP) is 4.42. The van der Waals surface area contributed by atoms with Crippen LogP contribution >= 0.6 is 11.6 Å². The van der Waals surface area contributed by atoms with Gasteiger partial charge in [-0.2, -0.15) is 0 Å². The van der Waals surface area contributed by atoms with Gasteiger partial charge in [0.15, 0.2) is 0 Å². The van der Waals surface area contributed by atoms with Gasteiger partial charge in [0.2, 0.25) is 0 Å². The third kappa shape index (κ3) is 3.80. The molecule has 27 heavy (non-hydrogen) atoms. The molecule has 1 N–H and O–H groups in total. The van der Waals surface area contributed by atoms with Gasteiger partial charge in [-0.25, -0.2) is 4.79 Å². The fraction of sp³-hybridized carbons (Fsp3) is 0.429. The molecule has 142 valence electrons. The summed E-state index contributed by atoms with van der Waals surface area (Å²) >= 11 is 6.38. The third-order valence-corrected chi connectivity index (χ3v) is 5.85. The van der Waals surface area contributed by atoms with Crippen LogP contribution in [0.4, 0.5) is 4.79 Å². The summed E-state index contributed by atoms with van der Waals surface area (Å²) < 4.78 is 0. The monoisotopic (exact) mass is 385 g/mol. The molecule has 0 aliphatic carbocycles. The maximum atomic E-state index is 11.6. The Balaban J connectivity index is 1.61. The smallest absolute Gasteiger partial charge is 0.407 e. The van der Waals surface area contributed by atoms with Crippen molar-refractivity contribution in [1.82, 2.24) is 14.8 Å². The highest BCUT2D eigenvalue weighted by Crippen LogP contribution is 2.38. The molecule has 1 saturated heterocycles. The number of hydrogen-bond acceptors (Lipinski definition) is 3. The van der Waals surface area contributed by atoms with Gasteiger partial charge in [0.1, 0.15) is 0 Å². The van der Waals surface area contributed by atoms with Crippen molar-refractivity contribution in [2.24, 2.45) is 0 Å². The van der Waals surface area contributed by atoms with E-state index in [1.165, 1.54) is 11.1 Å². The quantitative estimate of drug-likeness (QED) is 0.849. The van der Waals surface area contributed by atoms with Gasteiger partial charge < -0.3 is 10.0 Å². The van der Waals surface area contributed by atoms with Crippen molar-refractivity contribution in [3.63, 3.8) is 0 Å². The minimum atomic E-state index is -0.845. The summed E-state index contributed by atoms with van der Waals surface area (Å²) in [5.74, 6) is 0. The minimum absolute atomic E-state index is 0.0904. The molecule has 2 aliphatic heterocycles. The van der Waals surface area contributed by atoms with E-state index in [2.05, 4.69) is 22.0 Å². The number of fused-ring (bicyclic) bond motifs is 1. The van der Waals surface area contributed by atoms with Crippen LogP contribution in [0.3, 0.4) is 0 Å². The normalized spacial score (nSPS) is 19.9. The fourth-order valence-corrected chi connectivity index (χ4v) is 4.54. The first kappa shape index (κ1) is 18.3. The molecule has 0 bridgehead atoms. The number of benzene rings is 1. The van der Waals surface area contributed by atoms with Gasteiger partial charge in [0.25, 0.3) is 0 Å². The molecule has 1 atom stereocenters. The van der Waals surface area contributed by atoms with E-state index in [-0.39, 0.29) is 6.04 Å². The van der Waals surface area contributed by atoms with Crippen molar-refractivity contribution in [3.05, 3.63) is 63.4 Å². The molecule has 1 aromatic carbocycles. The van der Waals surface area contributed by atoms with Crippen LogP contribution in [0.25, 0.3) is 0 Å². The lowest BCUT2D eigenvalue weighted by Crippen LogP contribution is -2.34. The van der Waals surface area contributed by atoms with Gasteiger partial charge in [-0.05, 0) is 66.6 Å². The van der Waals surface area contributed by atoms with Crippen LogP contribution < -0.4 is 0 Å². The molecule has 0 spiro atoms. The van der Waals surface area contributed by atoms with Crippen LogP contribution in [-0.2, 0) is 19.5 Å². The molecule has 4 rings (SSSR count). The van der Waals surface area contributed by atoms with E-state index in [1.807, 2.05) is 25.3 Å². The number of carboxylic acid groups (broad SMARTS) is 1. The topological polar surface area (TPSA) is 56.7 Å². The number of halogens is 1. The molecule has 2 aliphatic rings. The molecule has 1 fully saturated rings. The Morgan fingerprint density at radius 3 is 2.93 bits per heavy atom. The Bertz CT molecular complexity index is 853. The Hall–Kier alpha value is -2.11. The molecule has 0 unspecified atom stereocenters. The van der Waals surface area contributed by atoms with Crippen LogP contribution in [-0.4, -0.2) is 39.1 Å². The lowest BCUT2D eigenvalue weighted by molar-refractivity contribution is 0.139. The molecule has 5 nitrogen and oxygen atoms in total. The second-order valence-electron chi connectivity index (χ2n) is 7.55. The summed E-state index contributed by atoms with van der Waals surface area (Å²) in [6, 6.07) is 8.10. The van der Waals surface area contributed by atoms with Crippen LogP contribution in [0, 0.1) is 6.92 Å². The Morgan fingerprint density at radius 1 is 1.33 bits per heavy atom. The number of aryl methyl sites for hydroxylation is 1. The predicted molar refractivity (Wildman–Crippen MR) is 105 cm³/mol. The number of aromatic nitrogens is 1. The van der Waals surface area contributed by atoms with Crippen molar-refractivity contribution in [2.45, 2.75) is 45.3 Å². The minimum Gasteiger partial charge on any atom is -0.465 e. The summed E-state index contributed by atoms with van der Waals surface area (Å²) in [5.41, 5.74) is 5.81. The molecule has 1 aromatic heterocycles. The highest BCUT2D eigenvalue weighted by molar-refractivity contribution is 6.30. The van der Waals surface area contributed by atoms with Crippen molar-refractivity contribution in [1.29, 1.82) is 0 Å². The SMILES string of the molecule is Cc1ccc(CN2CCc3cc(Cl)cc([C@@H]4CCCN4C(=O)O)c3C2)nc1. The molecular formula is C21H24ClN3O2. The largest absolute Gasteiger partial charge is 0.465 e. The summed E-state index contributed by atoms with van der Waals surface area (Å²) in [5, 5.41) is 10.3. The third-order valence-electron chi connectivity index (χ3n) is 5.64. The van der Waals surface area contributed by atoms with Crippen LogP contribution in [0.1, 0.15) is 46.8 Å². The molecule has 6 heteroatoms. The molecule has 1 amide bonds. The standard InChI is InChI=1S/C21H24ClN3O2/c1-14-4-5-17(23-11-14)12-24-8-6-15-9-16(22)10-18(19(15)13-24)20-3-2-7-25(20)21(26)27/h4-5,9-11,20H,2-3,6-8,12-13H2,1H3,(H,26,27)/t20-/m0/s1. The number of carbonyl (C=O) groups is 1. The average molecular weight is 386 g/mol. The highest BCUT2D eigenvalue weighted by Gasteiger charge is 2.33. The first-order chi connectivity index (χ1) is 13.0. The molecule has 2 aromatic rings. The second kappa shape index (κ2) is 7.49. The summed E-state index contributed by atoms with van der Waals surface area (Å²) in [7, 11) is 0. The van der Waals surface area contributed by atoms with Gasteiger partial charge in [-0.1, -0.05) is 17.7 Å². The number of rotatable bonds is 3. The van der Waals surface area contributed by atoms with Gasteiger partial charge in [-0.15, -0.1) is 0 Å². The van der Waals surface area contributed by atoms with Crippen LogP contribution in [0.15, 0.2) is 30.5 Å². The maximum Gasteiger partial charge on any atom is 0.407 e. The van der Waals surface area contributed by atoms with E-state index in [0.29, 0.717) is 11.6 Å². The molecular weight excluding hydrogens is 362 g/mol. The number of hydrogen-bond donors (Lipinski definition) is 1. The van der Waals surface area contributed by atoms with Gasteiger partial charge >= 0.3 is 6.09 Å². The number of nitrogens with zero attached hydrogens (tertiary/aromatic N) is 3. The maximum absolute atomic E-state index is 11.6. The van der Waals surface area contributed by atoms with Crippen molar-refractivity contribution >= 4 is 17.7 Å². The lowest BCUT2D eigenvalue weighted by Gasteiger charge is -2.33. The van der Waals surface area contributed by atoms with E-state index in [1.54, 1.807) is 4.90 Å². The zero-order chi connectivity index (χ0) is 19.0. The Morgan fingerprint density at radius 2 is 2.19 bits per heavy atom. The summed E-state index contributed by atoms with van der Waals surface area (Å²) in [6.45, 7) is 5.20. The molecule has 0 radical (unpaired) electrons. The van der Waals surface area contributed by atoms with E-state index in [0.717, 1.165) is 55.7 Å². The summed E-state index contributed by atoms with van der Waals surface area (Å²) in [4.78, 5) is 20.1. The van der Waals surface area contributed by atoms with Crippen molar-refractivity contribution in [3.8, 4) is 0 Å². The Labute approximate surface area is 164 Å². The van der Waals surface area contributed by atoms with E-state index >= 15 is 0 Å². The Kier molecular flexibility index (Phi) is 5.06. The first-order valence-electron chi connectivity index (χ1n) is 9.46. The number of likely N-dealkylation sites (tertiary alicyclic amines) is 1. The zero-order valence-corrected chi connectivity index (χ0v) is 16.2. The van der Waals surface area contributed by atoms with E-state index in [9.17, 15) is 9.90 Å². The van der Waals surface area contributed by atoms with Crippen molar-refractivity contribution in [2.75, 3.05) is 13.1 Å². The second-order valence-corrected chi connectivity index (χ2v) is 7.99. The van der Waals surface area contributed by atoms with Crippen molar-refractivity contribution < 1.29 is 9.90 Å². The summed E-state index contributed by atoms with van der Waals surface area (Å²) in [6.07, 6.45) is 3.74. The van der Waals surface area contributed by atoms with E-state index in [4.69, 9.17) is 11.6 Å². The average Bonchev–Trinajstić information content (AvgIpc) is 3.13. The fourth-order valence-electron chi connectivity index (χ4n) is 4.29. The van der Waals surface area contributed by atoms with Gasteiger partial charge in [0, 0.05) is 37.4 Å². The van der Waals surface area contributed by atoms with E-state index < -0.39 is 6.09 Å². The number of amides is 1.